The highest BCUT2D eigenvalue weighted by atomic mass is 32.1. The van der Waals surface area contributed by atoms with E-state index < -0.39 is 46.7 Å². The minimum atomic E-state index is -1.26. The number of aryl methyl sites for hydroxylation is 2. The fraction of sp³-hybridized carbons (Fsp3) is 0.595. The zero-order valence-corrected chi connectivity index (χ0v) is 33.4. The van der Waals surface area contributed by atoms with E-state index in [1.54, 1.807) is 19.2 Å². The summed E-state index contributed by atoms with van der Waals surface area (Å²) in [5, 5.41) is 15.5. The third-order valence-electron chi connectivity index (χ3n) is 9.09. The molecule has 292 valence electrons. The number of amides is 4. The van der Waals surface area contributed by atoms with Crippen molar-refractivity contribution in [2.24, 2.45) is 9.98 Å². The first-order valence-electron chi connectivity index (χ1n) is 18.1. The van der Waals surface area contributed by atoms with Gasteiger partial charge in [-0.25, -0.2) is 9.97 Å². The second kappa shape index (κ2) is 18.7. The van der Waals surface area contributed by atoms with E-state index >= 15 is 0 Å². The van der Waals surface area contributed by atoms with E-state index in [2.05, 4.69) is 41.2 Å². The van der Waals surface area contributed by atoms with Gasteiger partial charge in [-0.1, -0.05) is 0 Å². The van der Waals surface area contributed by atoms with Crippen molar-refractivity contribution in [1.82, 2.24) is 31.2 Å². The minimum absolute atomic E-state index is 0.118. The average Bonchev–Trinajstić information content (AvgIpc) is 3.90. The van der Waals surface area contributed by atoms with E-state index in [1.165, 1.54) is 36.5 Å². The van der Waals surface area contributed by atoms with Gasteiger partial charge in [-0.15, -0.1) is 22.7 Å². The van der Waals surface area contributed by atoms with Crippen molar-refractivity contribution in [3.63, 3.8) is 0 Å². The number of Topliss-reactive ketones (excluding diaryl/α,β-unsaturated/α-hetero) is 3. The number of carbonyl (C=O) groups excluding carboxylic acids is 7. The molecule has 2 atom stereocenters. The first-order chi connectivity index (χ1) is 25.4. The normalized spacial score (nSPS) is 17.0. The van der Waals surface area contributed by atoms with Crippen LogP contribution in [0.5, 0.6) is 0 Å². The molecule has 0 bridgehead atoms. The fourth-order valence-electron chi connectivity index (χ4n) is 5.83. The molecule has 0 aromatic carbocycles. The first-order valence-corrected chi connectivity index (χ1v) is 19.9. The van der Waals surface area contributed by atoms with Crippen molar-refractivity contribution in [3.05, 3.63) is 32.2 Å². The molecule has 2 aromatic heterocycles. The molecule has 4 heterocycles. The number of aromatic nitrogens is 2. The summed E-state index contributed by atoms with van der Waals surface area (Å²) in [6.07, 6.45) is 3.79. The van der Waals surface area contributed by atoms with Crippen LogP contribution in [0, 0.1) is 0 Å². The maximum Gasteiger partial charge on any atom is 0.227 e. The van der Waals surface area contributed by atoms with Crippen LogP contribution in [-0.4, -0.2) is 92.1 Å². The van der Waals surface area contributed by atoms with Crippen molar-refractivity contribution in [1.29, 1.82) is 0 Å². The number of carbonyl (C=O) groups is 7. The van der Waals surface area contributed by atoms with Crippen LogP contribution in [0.1, 0.15) is 119 Å². The molecule has 0 saturated heterocycles. The van der Waals surface area contributed by atoms with Gasteiger partial charge < -0.3 is 21.3 Å². The largest absolute Gasteiger partial charge is 0.349 e. The summed E-state index contributed by atoms with van der Waals surface area (Å²) >= 11 is 2.68. The smallest absolute Gasteiger partial charge is 0.227 e. The van der Waals surface area contributed by atoms with Crippen molar-refractivity contribution in [3.8, 4) is 0 Å². The van der Waals surface area contributed by atoms with Crippen LogP contribution >= 0.6 is 22.7 Å². The third-order valence-corrected chi connectivity index (χ3v) is 10.9. The fourth-order valence-corrected chi connectivity index (χ4v) is 7.40. The molecule has 15 nitrogen and oxygen atoms in total. The summed E-state index contributed by atoms with van der Waals surface area (Å²) in [6.45, 7) is 10.0. The number of nitrogens with one attached hydrogen (secondary N) is 4. The van der Waals surface area contributed by atoms with Crippen molar-refractivity contribution in [2.45, 2.75) is 135 Å². The van der Waals surface area contributed by atoms with E-state index in [0.29, 0.717) is 22.9 Å². The maximum absolute atomic E-state index is 12.8. The molecule has 4 N–H and O–H groups in total. The van der Waals surface area contributed by atoms with E-state index in [0.717, 1.165) is 42.8 Å². The lowest BCUT2D eigenvalue weighted by atomic mass is 9.95. The van der Waals surface area contributed by atoms with Gasteiger partial charge >= 0.3 is 0 Å². The molecule has 2 aliphatic heterocycles. The van der Waals surface area contributed by atoms with Gasteiger partial charge in [0.15, 0.2) is 11.6 Å². The van der Waals surface area contributed by atoms with Gasteiger partial charge in [-0.3, -0.25) is 43.5 Å². The van der Waals surface area contributed by atoms with Crippen LogP contribution in [0.4, 0.5) is 0 Å². The molecular weight excluding hydrogens is 733 g/mol. The number of rotatable bonds is 20. The topological polar surface area (TPSA) is 218 Å². The van der Waals surface area contributed by atoms with Crippen LogP contribution in [0.3, 0.4) is 0 Å². The molecule has 4 amide bonds. The van der Waals surface area contributed by atoms with Crippen molar-refractivity contribution >= 4 is 75.1 Å². The predicted molar refractivity (Wildman–Crippen MR) is 206 cm³/mol. The predicted octanol–water partition coefficient (Wildman–Crippen LogP) is 3.03. The summed E-state index contributed by atoms with van der Waals surface area (Å²) in [5.41, 5.74) is 0.150. The van der Waals surface area contributed by atoms with Crippen LogP contribution in [0.25, 0.3) is 0 Å². The van der Waals surface area contributed by atoms with E-state index in [4.69, 9.17) is 0 Å². The number of hydrogen-bond donors (Lipinski definition) is 4. The van der Waals surface area contributed by atoms with Gasteiger partial charge in [0.05, 0.1) is 60.6 Å². The SMILES string of the molecule is C[C@H]1CCC(CC(=O)NC(C)(C)C(=O)CC(=O)NCC(=O)c2csc(CCc3csc(CNC(=O)CC(=O)C(C)(C)NC(=O)CC4=N[C@@H](C)CC4)n3)n2)=N1. The van der Waals surface area contributed by atoms with Crippen LogP contribution in [0.2, 0.25) is 0 Å². The number of thiazole rings is 2. The van der Waals surface area contributed by atoms with Gasteiger partial charge in [-0.2, -0.15) is 0 Å². The summed E-state index contributed by atoms with van der Waals surface area (Å²) in [7, 11) is 0. The molecule has 2 aliphatic rings. The minimum Gasteiger partial charge on any atom is -0.349 e. The number of hydrogen-bond acceptors (Lipinski definition) is 13. The number of ketones is 3. The molecule has 0 aliphatic carbocycles. The van der Waals surface area contributed by atoms with Crippen LogP contribution in [0.15, 0.2) is 20.7 Å². The Morgan fingerprint density at radius 1 is 0.685 bits per heavy atom. The Kier molecular flexibility index (Phi) is 14.6. The molecule has 2 aromatic rings. The Morgan fingerprint density at radius 2 is 1.20 bits per heavy atom. The Labute approximate surface area is 323 Å². The van der Waals surface area contributed by atoms with Gasteiger partial charge in [-0.05, 0) is 73.6 Å². The molecule has 0 unspecified atom stereocenters. The molecule has 0 saturated carbocycles. The molecule has 0 spiro atoms. The first kappa shape index (κ1) is 42.2. The summed E-state index contributed by atoms with van der Waals surface area (Å²) in [5.74, 6) is -3.01. The highest BCUT2D eigenvalue weighted by Gasteiger charge is 2.33. The molecule has 54 heavy (non-hydrogen) atoms. The lowest BCUT2D eigenvalue weighted by Gasteiger charge is -2.24. The molecule has 4 rings (SSSR count). The zero-order valence-electron chi connectivity index (χ0n) is 31.8. The van der Waals surface area contributed by atoms with Gasteiger partial charge in [0.1, 0.15) is 10.7 Å². The molecule has 17 heteroatoms. The quantitative estimate of drug-likeness (QED) is 0.114. The second-order valence-electron chi connectivity index (χ2n) is 14.9. The van der Waals surface area contributed by atoms with Crippen molar-refractivity contribution < 1.29 is 33.6 Å². The zero-order chi connectivity index (χ0) is 39.6. The van der Waals surface area contributed by atoms with Crippen molar-refractivity contribution in [2.75, 3.05) is 6.54 Å². The monoisotopic (exact) mass is 782 g/mol. The molecule has 0 fully saturated rings. The van der Waals surface area contributed by atoms with Crippen LogP contribution < -0.4 is 21.3 Å². The highest BCUT2D eigenvalue weighted by Crippen LogP contribution is 2.18. The second-order valence-corrected chi connectivity index (χ2v) is 16.8. The molecule has 0 radical (unpaired) electrons. The van der Waals surface area contributed by atoms with Gasteiger partial charge in [0.25, 0.3) is 0 Å². The van der Waals surface area contributed by atoms with Gasteiger partial charge in [0.2, 0.25) is 29.4 Å². The lowest BCUT2D eigenvalue weighted by molar-refractivity contribution is -0.135. The van der Waals surface area contributed by atoms with Crippen LogP contribution in [-0.2, 0) is 48.2 Å². The number of aliphatic imine (C=N–C) groups is 2. The lowest BCUT2D eigenvalue weighted by Crippen LogP contribution is -2.51. The summed E-state index contributed by atoms with van der Waals surface area (Å²) in [4.78, 5) is 106. The van der Waals surface area contributed by atoms with E-state index in [9.17, 15) is 33.6 Å². The Morgan fingerprint density at radius 3 is 1.72 bits per heavy atom. The standard InChI is InChI=1S/C37H50N8O7S2/c1-21-7-9-23(40-21)13-32(51)44-36(3,4)28(47)15-30(49)38-17-27(46)26-20-54-34(43-26)12-11-25-19-53-35(42-25)18-39-31(50)16-29(48)37(5,6)45-33(52)14-24-10-8-22(2)41-24/h19-22H,7-18H2,1-6H3,(H,38,49)(H,39,50)(H,44,51)(H,45,52)/t21-,22-/m0/s1. The highest BCUT2D eigenvalue weighted by molar-refractivity contribution is 7.10. The third kappa shape index (κ3) is 13.1. The Hall–Kier alpha value is -4.51. The summed E-state index contributed by atoms with van der Waals surface area (Å²) < 4.78 is 0. The van der Waals surface area contributed by atoms with E-state index in [1.807, 2.05) is 19.2 Å². The number of nitrogens with zero attached hydrogens (tertiary/aromatic N) is 4. The van der Waals surface area contributed by atoms with Gasteiger partial charge in [0, 0.05) is 40.7 Å². The Bertz CT molecular complexity index is 1830. The van der Waals surface area contributed by atoms with E-state index in [-0.39, 0.29) is 61.9 Å². The average molecular weight is 783 g/mol. The Balaban J connectivity index is 1.13. The molecular formula is C37H50N8O7S2. The summed E-state index contributed by atoms with van der Waals surface area (Å²) in [6, 6.07) is 0.400. The maximum atomic E-state index is 12.8.